The molecule has 4 aromatic rings. The van der Waals surface area contributed by atoms with Crippen LogP contribution in [-0.4, -0.2) is 8.42 Å². The molecule has 3 nitrogen and oxygen atoms in total. The van der Waals surface area contributed by atoms with E-state index in [1.165, 1.54) is 0 Å². The van der Waals surface area contributed by atoms with Crippen LogP contribution >= 0.6 is 10.3 Å². The van der Waals surface area contributed by atoms with Crippen LogP contribution in [0.5, 0.6) is 0 Å². The maximum atomic E-state index is 13.6. The van der Waals surface area contributed by atoms with Crippen LogP contribution in [0.15, 0.2) is 129 Å². The van der Waals surface area contributed by atoms with Gasteiger partial charge in [0.25, 0.3) is 0 Å². The van der Waals surface area contributed by atoms with Crippen LogP contribution in [0, 0.1) is 0 Å². The quantitative estimate of drug-likeness (QED) is 0.224. The first-order valence-electron chi connectivity index (χ1n) is 10.6. The molecule has 0 unspecified atom stereocenters. The molecule has 4 aromatic carbocycles. The van der Waals surface area contributed by atoms with Gasteiger partial charge in [-0.05, 0) is 64.9 Å². The lowest BCUT2D eigenvalue weighted by molar-refractivity contribution is -0.162. The number of benzene rings is 4. The molecule has 0 bridgehead atoms. The van der Waals surface area contributed by atoms with Crippen LogP contribution in [0.3, 0.4) is 0 Å². The third-order valence-corrected chi connectivity index (χ3v) is 10.5. The molecule has 0 N–H and O–H groups in total. The molecular weight excluding hydrogens is 538 g/mol. The highest BCUT2D eigenvalue weighted by molar-refractivity contribution is 8.33. The molecule has 0 saturated heterocycles. The van der Waals surface area contributed by atoms with Crippen molar-refractivity contribution in [3.8, 4) is 0 Å². The third kappa shape index (κ3) is 5.39. The zero-order valence-electron chi connectivity index (χ0n) is 18.7. The van der Waals surface area contributed by atoms with Gasteiger partial charge in [-0.2, -0.15) is 34.8 Å². The highest BCUT2D eigenvalue weighted by Gasteiger charge is 2.45. The molecule has 0 spiro atoms. The van der Waals surface area contributed by atoms with Gasteiger partial charge in [0.2, 0.25) is 0 Å². The van der Waals surface area contributed by atoms with Gasteiger partial charge in [-0.3, -0.25) is 0 Å². The van der Waals surface area contributed by atoms with Crippen LogP contribution in [0.1, 0.15) is 11.1 Å². The van der Waals surface area contributed by atoms with E-state index in [9.17, 15) is 34.8 Å². The summed E-state index contributed by atoms with van der Waals surface area (Å²) in [7, 11) is -8.15. The van der Waals surface area contributed by atoms with Crippen molar-refractivity contribution in [3.05, 3.63) is 120 Å². The van der Waals surface area contributed by atoms with Gasteiger partial charge in [0.1, 0.15) is 0 Å². The summed E-state index contributed by atoms with van der Waals surface area (Å²) < 4.78 is 113. The van der Waals surface area contributed by atoms with Crippen LogP contribution < -0.4 is 0 Å². The van der Waals surface area contributed by atoms with Gasteiger partial charge >= 0.3 is 22.5 Å². The predicted molar refractivity (Wildman–Crippen MR) is 126 cm³/mol. The maximum Gasteiger partial charge on any atom is 0.417 e. The Bertz CT molecular complexity index is 1380. The summed E-state index contributed by atoms with van der Waals surface area (Å²) >= 11 is 0. The summed E-state index contributed by atoms with van der Waals surface area (Å²) in [6.07, 6.45) is -10.8. The summed E-state index contributed by atoms with van der Waals surface area (Å²) in [5.41, 5.74) is -4.11. The van der Waals surface area contributed by atoms with Gasteiger partial charge in [0.05, 0.1) is 16.0 Å². The Kier molecular flexibility index (Phi) is 7.15. The summed E-state index contributed by atoms with van der Waals surface area (Å²) in [5.74, 6) is 0. The fourth-order valence-electron chi connectivity index (χ4n) is 3.70. The van der Waals surface area contributed by atoms with E-state index in [0.29, 0.717) is 20.8 Å². The standard InChI is InChI=1S/C26H18F6O3S2/c27-25(28,29)23-17-16-22(18-24(23)26(30,31)32)37(33,34)35-36(19-10-4-1-5-11-19,20-12-6-2-7-13-20)21-14-8-3-9-15-21/h1-18H. The fourth-order valence-corrected chi connectivity index (χ4v) is 8.96. The largest absolute Gasteiger partial charge is 0.417 e. The first kappa shape index (κ1) is 26.8. The normalized spacial score (nSPS) is 13.4. The molecule has 0 radical (unpaired) electrons. The highest BCUT2D eigenvalue weighted by Crippen LogP contribution is 2.70. The first-order chi connectivity index (χ1) is 17.4. The van der Waals surface area contributed by atoms with E-state index in [2.05, 4.69) is 0 Å². The lowest BCUT2D eigenvalue weighted by Gasteiger charge is -2.39. The van der Waals surface area contributed by atoms with Crippen LogP contribution in [0.2, 0.25) is 0 Å². The van der Waals surface area contributed by atoms with E-state index in [1.54, 1.807) is 91.0 Å². The van der Waals surface area contributed by atoms with Crippen molar-refractivity contribution in [1.82, 2.24) is 0 Å². The Morgan fingerprint density at radius 3 is 1.22 bits per heavy atom. The van der Waals surface area contributed by atoms with Crippen molar-refractivity contribution < 1.29 is 38.4 Å². The van der Waals surface area contributed by atoms with Crippen LogP contribution in [0.4, 0.5) is 26.3 Å². The molecule has 194 valence electrons. The van der Waals surface area contributed by atoms with Gasteiger partial charge in [0, 0.05) is 14.7 Å². The highest BCUT2D eigenvalue weighted by atomic mass is 32.3. The van der Waals surface area contributed by atoms with Gasteiger partial charge in [-0.25, -0.2) is 3.63 Å². The smallest absolute Gasteiger partial charge is 0.203 e. The molecule has 4 rings (SSSR count). The second-order valence-corrected chi connectivity index (χ2v) is 12.2. The lowest BCUT2D eigenvalue weighted by Crippen LogP contribution is -2.19. The van der Waals surface area contributed by atoms with Crippen molar-refractivity contribution in [3.63, 3.8) is 0 Å². The number of hydrogen-bond donors (Lipinski definition) is 0. The minimum absolute atomic E-state index is 0.0384. The number of halogens is 6. The van der Waals surface area contributed by atoms with E-state index in [1.807, 2.05) is 0 Å². The molecule has 0 aliphatic rings. The van der Waals surface area contributed by atoms with E-state index >= 15 is 0 Å². The number of alkyl halides is 6. The Balaban J connectivity index is 1.98. The van der Waals surface area contributed by atoms with Crippen molar-refractivity contribution in [1.29, 1.82) is 0 Å². The summed E-state index contributed by atoms with van der Waals surface area (Å²) in [5, 5.41) is 0. The molecule has 0 heterocycles. The first-order valence-corrected chi connectivity index (χ1v) is 13.6. The van der Waals surface area contributed by atoms with Crippen molar-refractivity contribution >= 4 is 20.4 Å². The lowest BCUT2D eigenvalue weighted by atomic mass is 10.1. The van der Waals surface area contributed by atoms with E-state index < -0.39 is 48.8 Å². The zero-order chi connectivity index (χ0) is 26.9. The van der Waals surface area contributed by atoms with Crippen molar-refractivity contribution in [2.75, 3.05) is 0 Å². The average molecular weight is 557 g/mol. The molecule has 0 aliphatic heterocycles. The molecule has 0 aliphatic carbocycles. The van der Waals surface area contributed by atoms with Gasteiger partial charge in [-0.1, -0.05) is 54.6 Å². The molecule has 0 fully saturated rings. The molecule has 0 saturated carbocycles. The van der Waals surface area contributed by atoms with E-state index in [-0.39, 0.29) is 12.1 Å². The van der Waals surface area contributed by atoms with Crippen molar-refractivity contribution in [2.45, 2.75) is 31.9 Å². The minimum atomic E-state index is -5.46. The second kappa shape index (κ2) is 9.88. The number of rotatable bonds is 6. The average Bonchev–Trinajstić information content (AvgIpc) is 2.87. The molecule has 0 amide bonds. The summed E-state index contributed by atoms with van der Waals surface area (Å²) in [6, 6.07) is 25.3. The van der Waals surface area contributed by atoms with Crippen molar-refractivity contribution in [2.24, 2.45) is 0 Å². The Hall–Kier alpha value is -3.28. The summed E-state index contributed by atoms with van der Waals surface area (Å²) in [6.45, 7) is 0. The van der Waals surface area contributed by atoms with Crippen LogP contribution in [-0.2, 0) is 26.1 Å². The predicted octanol–water partition coefficient (Wildman–Crippen LogP) is 8.33. The Labute approximate surface area is 211 Å². The van der Waals surface area contributed by atoms with Gasteiger partial charge in [-0.15, -0.1) is 0 Å². The number of hydrogen-bond acceptors (Lipinski definition) is 3. The molecular formula is C26H18F6O3S2. The van der Waals surface area contributed by atoms with Crippen LogP contribution in [0.25, 0.3) is 0 Å². The van der Waals surface area contributed by atoms with E-state index in [4.69, 9.17) is 3.63 Å². The molecule has 0 aromatic heterocycles. The topological polar surface area (TPSA) is 43.4 Å². The van der Waals surface area contributed by atoms with E-state index in [0.717, 1.165) is 0 Å². The van der Waals surface area contributed by atoms with Gasteiger partial charge < -0.3 is 0 Å². The maximum absolute atomic E-state index is 13.6. The summed E-state index contributed by atoms with van der Waals surface area (Å²) in [4.78, 5) is 0.198. The Morgan fingerprint density at radius 1 is 0.486 bits per heavy atom. The third-order valence-electron chi connectivity index (χ3n) is 5.31. The second-order valence-electron chi connectivity index (χ2n) is 7.72. The monoisotopic (exact) mass is 556 g/mol. The molecule has 37 heavy (non-hydrogen) atoms. The molecule has 11 heteroatoms. The Morgan fingerprint density at radius 2 is 0.865 bits per heavy atom. The minimum Gasteiger partial charge on any atom is -0.203 e. The fraction of sp³-hybridized carbons (Fsp3) is 0.0769. The molecule has 0 atom stereocenters. The zero-order valence-corrected chi connectivity index (χ0v) is 20.3. The SMILES string of the molecule is O=S(=O)(OS(c1ccccc1)(c1ccccc1)c1ccccc1)c1ccc(C(F)(F)F)c(C(F)(F)F)c1. The van der Waals surface area contributed by atoms with Gasteiger partial charge in [0.15, 0.2) is 0 Å².